The molecule has 1 fully saturated rings. The van der Waals surface area contributed by atoms with Gasteiger partial charge in [-0.25, -0.2) is 0 Å². The minimum Gasteiger partial charge on any atom is -0.197 e. The van der Waals surface area contributed by atoms with E-state index in [0.717, 1.165) is 6.42 Å². The number of hydrogen-bond donors (Lipinski definition) is 0. The molecule has 3 heteroatoms. The molecule has 0 spiro atoms. The lowest BCUT2D eigenvalue weighted by Crippen LogP contribution is -2.17. The maximum absolute atomic E-state index is 6.24. The summed E-state index contributed by atoms with van der Waals surface area (Å²) < 4.78 is 4.35. The molecule has 1 aromatic heterocycles. The van der Waals surface area contributed by atoms with Crippen LogP contribution in [0.5, 0.6) is 0 Å². The van der Waals surface area contributed by atoms with E-state index in [4.69, 9.17) is 11.6 Å². The summed E-state index contributed by atoms with van der Waals surface area (Å²) in [5, 5.41) is 2.36. The number of alkyl halides is 1. The van der Waals surface area contributed by atoms with Crippen molar-refractivity contribution in [1.29, 1.82) is 0 Å². The average Bonchev–Trinajstić information content (AvgIpc) is 2.57. The Hall–Kier alpha value is -0.0800. The van der Waals surface area contributed by atoms with Crippen LogP contribution in [0.2, 0.25) is 0 Å². The van der Waals surface area contributed by atoms with Crippen molar-refractivity contribution in [2.45, 2.75) is 37.0 Å². The molecule has 1 aliphatic carbocycles. The predicted octanol–water partition coefficient (Wildman–Crippen LogP) is 3.41. The molecule has 1 saturated carbocycles. The molecule has 0 radical (unpaired) electrons. The Morgan fingerprint density at radius 1 is 1.42 bits per heavy atom. The van der Waals surface area contributed by atoms with E-state index in [0.29, 0.717) is 11.3 Å². The zero-order valence-corrected chi connectivity index (χ0v) is 8.44. The van der Waals surface area contributed by atoms with E-state index in [2.05, 4.69) is 10.4 Å². The third kappa shape index (κ3) is 1.64. The number of rotatable bonds is 1. The Kier molecular flexibility index (Phi) is 2.66. The SMILES string of the molecule is ClC1CCCCC1c1ccsn1. The average molecular weight is 202 g/mol. The second-order valence-electron chi connectivity index (χ2n) is 3.33. The fourth-order valence-corrected chi connectivity index (χ4v) is 2.82. The second kappa shape index (κ2) is 3.75. The van der Waals surface area contributed by atoms with Crippen LogP contribution in [0, 0.1) is 0 Å². The molecule has 1 aliphatic rings. The van der Waals surface area contributed by atoms with Crippen LogP contribution in [-0.2, 0) is 0 Å². The smallest absolute Gasteiger partial charge is 0.0587 e. The van der Waals surface area contributed by atoms with Crippen LogP contribution in [0.15, 0.2) is 11.4 Å². The molecule has 12 heavy (non-hydrogen) atoms. The summed E-state index contributed by atoms with van der Waals surface area (Å²) in [6, 6.07) is 2.11. The molecular formula is C9H12ClNS. The van der Waals surface area contributed by atoms with Crippen LogP contribution in [-0.4, -0.2) is 9.75 Å². The highest BCUT2D eigenvalue weighted by Crippen LogP contribution is 2.35. The number of aromatic nitrogens is 1. The molecule has 66 valence electrons. The highest BCUT2D eigenvalue weighted by molar-refractivity contribution is 7.03. The Morgan fingerprint density at radius 3 is 2.92 bits per heavy atom. The summed E-state index contributed by atoms with van der Waals surface area (Å²) in [4.78, 5) is 0. The van der Waals surface area contributed by atoms with E-state index >= 15 is 0 Å². The van der Waals surface area contributed by atoms with E-state index < -0.39 is 0 Å². The Morgan fingerprint density at radius 2 is 2.25 bits per heavy atom. The van der Waals surface area contributed by atoms with Gasteiger partial charge < -0.3 is 0 Å². The lowest BCUT2D eigenvalue weighted by Gasteiger charge is -2.25. The van der Waals surface area contributed by atoms with Crippen LogP contribution < -0.4 is 0 Å². The lowest BCUT2D eigenvalue weighted by molar-refractivity contribution is 0.446. The van der Waals surface area contributed by atoms with E-state index in [1.807, 2.05) is 5.38 Å². The van der Waals surface area contributed by atoms with Gasteiger partial charge >= 0.3 is 0 Å². The van der Waals surface area contributed by atoms with Gasteiger partial charge in [-0.2, -0.15) is 4.37 Å². The molecule has 1 nitrogen and oxygen atoms in total. The van der Waals surface area contributed by atoms with Crippen molar-refractivity contribution in [1.82, 2.24) is 4.37 Å². The monoisotopic (exact) mass is 201 g/mol. The molecular weight excluding hydrogens is 190 g/mol. The van der Waals surface area contributed by atoms with Crippen LogP contribution >= 0.6 is 23.1 Å². The zero-order chi connectivity index (χ0) is 8.39. The first-order valence-electron chi connectivity index (χ1n) is 4.42. The van der Waals surface area contributed by atoms with E-state index in [9.17, 15) is 0 Å². The Labute approximate surface area is 81.9 Å². The number of nitrogens with zero attached hydrogens (tertiary/aromatic N) is 1. The van der Waals surface area contributed by atoms with Gasteiger partial charge in [0.1, 0.15) is 0 Å². The van der Waals surface area contributed by atoms with Gasteiger partial charge in [-0.15, -0.1) is 11.6 Å². The highest BCUT2D eigenvalue weighted by atomic mass is 35.5. The summed E-state index contributed by atoms with van der Waals surface area (Å²) in [6.45, 7) is 0. The standard InChI is InChI=1S/C9H12ClNS/c10-8-4-2-1-3-7(8)9-5-6-12-11-9/h5-8H,1-4H2. The molecule has 0 aromatic carbocycles. The summed E-state index contributed by atoms with van der Waals surface area (Å²) in [5.41, 5.74) is 1.21. The topological polar surface area (TPSA) is 12.9 Å². The van der Waals surface area contributed by atoms with Crippen molar-refractivity contribution >= 4 is 23.1 Å². The summed E-state index contributed by atoms with van der Waals surface area (Å²) in [5.74, 6) is 0.520. The van der Waals surface area contributed by atoms with Gasteiger partial charge in [0, 0.05) is 16.7 Å². The summed E-state index contributed by atoms with van der Waals surface area (Å²) in [6.07, 6.45) is 4.97. The molecule has 0 aliphatic heterocycles. The van der Waals surface area contributed by atoms with Crippen molar-refractivity contribution in [2.24, 2.45) is 0 Å². The minimum absolute atomic E-state index is 0.320. The minimum atomic E-state index is 0.320. The molecule has 2 atom stereocenters. The quantitative estimate of drug-likeness (QED) is 0.635. The largest absolute Gasteiger partial charge is 0.197 e. The first-order valence-corrected chi connectivity index (χ1v) is 5.69. The summed E-state index contributed by atoms with van der Waals surface area (Å²) >= 11 is 7.77. The van der Waals surface area contributed by atoms with E-state index in [1.165, 1.54) is 36.5 Å². The van der Waals surface area contributed by atoms with Crippen molar-refractivity contribution in [2.75, 3.05) is 0 Å². The van der Waals surface area contributed by atoms with Gasteiger partial charge in [-0.05, 0) is 30.4 Å². The molecule has 0 bridgehead atoms. The number of hydrogen-bond acceptors (Lipinski definition) is 2. The fraction of sp³-hybridized carbons (Fsp3) is 0.667. The van der Waals surface area contributed by atoms with E-state index in [1.54, 1.807) is 0 Å². The van der Waals surface area contributed by atoms with Gasteiger partial charge in [-0.1, -0.05) is 12.8 Å². The van der Waals surface area contributed by atoms with Crippen molar-refractivity contribution < 1.29 is 0 Å². The van der Waals surface area contributed by atoms with Gasteiger partial charge in [0.2, 0.25) is 0 Å². The third-order valence-electron chi connectivity index (χ3n) is 2.52. The van der Waals surface area contributed by atoms with E-state index in [-0.39, 0.29) is 0 Å². The first-order chi connectivity index (χ1) is 5.88. The molecule has 1 heterocycles. The molecule has 0 N–H and O–H groups in total. The molecule has 1 aromatic rings. The van der Waals surface area contributed by atoms with Crippen molar-refractivity contribution in [3.8, 4) is 0 Å². The van der Waals surface area contributed by atoms with Crippen LogP contribution in [0.1, 0.15) is 37.3 Å². The van der Waals surface area contributed by atoms with Gasteiger partial charge in [0.15, 0.2) is 0 Å². The van der Waals surface area contributed by atoms with Crippen LogP contribution in [0.4, 0.5) is 0 Å². The predicted molar refractivity (Wildman–Crippen MR) is 53.0 cm³/mol. The third-order valence-corrected chi connectivity index (χ3v) is 3.62. The van der Waals surface area contributed by atoms with Crippen molar-refractivity contribution in [3.63, 3.8) is 0 Å². The lowest BCUT2D eigenvalue weighted by atomic mass is 9.86. The maximum Gasteiger partial charge on any atom is 0.0587 e. The molecule has 0 amide bonds. The van der Waals surface area contributed by atoms with Crippen LogP contribution in [0.25, 0.3) is 0 Å². The first kappa shape index (κ1) is 8.52. The zero-order valence-electron chi connectivity index (χ0n) is 6.87. The molecule has 0 saturated heterocycles. The van der Waals surface area contributed by atoms with Gasteiger partial charge in [0.25, 0.3) is 0 Å². The maximum atomic E-state index is 6.24. The van der Waals surface area contributed by atoms with Crippen LogP contribution in [0.3, 0.4) is 0 Å². The summed E-state index contributed by atoms with van der Waals surface area (Å²) in [7, 11) is 0. The molecule has 2 unspecified atom stereocenters. The highest BCUT2D eigenvalue weighted by Gasteiger charge is 2.25. The van der Waals surface area contributed by atoms with Gasteiger partial charge in [0.05, 0.1) is 5.69 Å². The normalized spacial score (nSPS) is 30.4. The second-order valence-corrected chi connectivity index (χ2v) is 4.56. The fourth-order valence-electron chi connectivity index (χ4n) is 1.83. The van der Waals surface area contributed by atoms with Gasteiger partial charge in [-0.3, -0.25) is 0 Å². The Balaban J connectivity index is 2.11. The Bertz CT molecular complexity index is 235. The molecule has 2 rings (SSSR count). The number of halogens is 1. The van der Waals surface area contributed by atoms with Crippen molar-refractivity contribution in [3.05, 3.63) is 17.1 Å².